The number of carbonyl (C=O) groups excluding carboxylic acids is 1. The lowest BCUT2D eigenvalue weighted by atomic mass is 10.2. The van der Waals surface area contributed by atoms with Crippen molar-refractivity contribution in [3.8, 4) is 0 Å². The van der Waals surface area contributed by atoms with E-state index in [1.165, 1.54) is 0 Å². The summed E-state index contributed by atoms with van der Waals surface area (Å²) in [6.45, 7) is 7.79. The van der Waals surface area contributed by atoms with Gasteiger partial charge in [0.05, 0.1) is 30.3 Å². The van der Waals surface area contributed by atoms with Crippen molar-refractivity contribution in [3.63, 3.8) is 0 Å². The minimum Gasteiger partial charge on any atom is -0.373 e. The van der Waals surface area contributed by atoms with Crippen LogP contribution in [0.15, 0.2) is 6.07 Å². The maximum absolute atomic E-state index is 12.7. The van der Waals surface area contributed by atoms with Gasteiger partial charge in [0.2, 0.25) is 0 Å². The first kappa shape index (κ1) is 15.3. The molecule has 2 heterocycles. The van der Waals surface area contributed by atoms with Crippen molar-refractivity contribution in [2.45, 2.75) is 45.9 Å². The van der Waals surface area contributed by atoms with E-state index in [2.05, 4.69) is 5.10 Å². The number of aryl methyl sites for hydroxylation is 2. The smallest absolute Gasteiger partial charge is 0.272 e. The Kier molecular flexibility index (Phi) is 5.05. The normalized spacial score (nSPS) is 23.1. The quantitative estimate of drug-likeness (QED) is 0.798. The van der Waals surface area contributed by atoms with Crippen molar-refractivity contribution in [2.75, 3.05) is 19.0 Å². The first-order valence-corrected chi connectivity index (χ1v) is 7.69. The van der Waals surface area contributed by atoms with Gasteiger partial charge in [-0.15, -0.1) is 11.6 Å². The Morgan fingerprint density at radius 1 is 1.55 bits per heavy atom. The zero-order chi connectivity index (χ0) is 14.7. The molecule has 6 heteroatoms. The van der Waals surface area contributed by atoms with Crippen LogP contribution in [0.2, 0.25) is 0 Å². The fourth-order valence-corrected chi connectivity index (χ4v) is 2.58. The number of hydrogen-bond donors (Lipinski definition) is 0. The monoisotopic (exact) mass is 299 g/mol. The molecule has 1 fully saturated rings. The van der Waals surface area contributed by atoms with Crippen molar-refractivity contribution in [1.82, 2.24) is 14.7 Å². The van der Waals surface area contributed by atoms with Gasteiger partial charge in [-0.05, 0) is 26.3 Å². The molecule has 0 radical (unpaired) electrons. The van der Waals surface area contributed by atoms with Gasteiger partial charge < -0.3 is 9.64 Å². The summed E-state index contributed by atoms with van der Waals surface area (Å²) >= 11 is 5.85. The molecule has 1 amide bonds. The summed E-state index contributed by atoms with van der Waals surface area (Å²) in [5.74, 6) is 0.425. The van der Waals surface area contributed by atoms with Gasteiger partial charge >= 0.3 is 0 Å². The molecule has 2 atom stereocenters. The van der Waals surface area contributed by atoms with E-state index in [0.29, 0.717) is 31.3 Å². The van der Waals surface area contributed by atoms with Crippen LogP contribution in [0.3, 0.4) is 0 Å². The second-order valence-electron chi connectivity index (χ2n) is 5.11. The van der Waals surface area contributed by atoms with Gasteiger partial charge in [-0.3, -0.25) is 9.48 Å². The van der Waals surface area contributed by atoms with Gasteiger partial charge in [-0.2, -0.15) is 5.10 Å². The van der Waals surface area contributed by atoms with Crippen molar-refractivity contribution in [1.29, 1.82) is 0 Å². The Bertz CT molecular complexity index is 475. The van der Waals surface area contributed by atoms with E-state index >= 15 is 0 Å². The van der Waals surface area contributed by atoms with Crippen LogP contribution in [0.25, 0.3) is 0 Å². The predicted octanol–water partition coefficient (Wildman–Crippen LogP) is 1.93. The third kappa shape index (κ3) is 2.99. The highest BCUT2D eigenvalue weighted by Crippen LogP contribution is 2.17. The first-order valence-electron chi connectivity index (χ1n) is 7.15. The molecule has 0 bridgehead atoms. The van der Waals surface area contributed by atoms with E-state index < -0.39 is 0 Å². The Morgan fingerprint density at radius 3 is 2.90 bits per heavy atom. The van der Waals surface area contributed by atoms with Crippen molar-refractivity contribution in [3.05, 3.63) is 17.5 Å². The molecule has 1 saturated heterocycles. The number of hydrogen-bond acceptors (Lipinski definition) is 3. The highest BCUT2D eigenvalue weighted by molar-refractivity contribution is 6.18. The molecule has 0 aromatic carbocycles. The number of amides is 1. The van der Waals surface area contributed by atoms with Crippen LogP contribution >= 0.6 is 11.6 Å². The fraction of sp³-hybridized carbons (Fsp3) is 0.714. The van der Waals surface area contributed by atoms with E-state index in [9.17, 15) is 4.79 Å². The molecule has 5 nitrogen and oxygen atoms in total. The molecule has 2 unspecified atom stereocenters. The van der Waals surface area contributed by atoms with Crippen molar-refractivity contribution >= 4 is 17.5 Å². The van der Waals surface area contributed by atoms with Gasteiger partial charge in [0, 0.05) is 13.1 Å². The molecule has 1 aromatic heterocycles. The lowest BCUT2D eigenvalue weighted by Crippen LogP contribution is -2.51. The summed E-state index contributed by atoms with van der Waals surface area (Å²) in [6, 6.07) is 1.95. The Labute approximate surface area is 124 Å². The van der Waals surface area contributed by atoms with Crippen molar-refractivity contribution < 1.29 is 9.53 Å². The standard InChI is InChI=1S/C14H22ClN3O2/c1-4-11-6-13(18(5-2)16-11)14(19)17-8-12(7-15)20-9-10(17)3/h6,10,12H,4-5,7-9H2,1-3H3. The second kappa shape index (κ2) is 6.59. The number of aromatic nitrogens is 2. The largest absolute Gasteiger partial charge is 0.373 e. The highest BCUT2D eigenvalue weighted by atomic mass is 35.5. The summed E-state index contributed by atoms with van der Waals surface area (Å²) in [5, 5.41) is 4.44. The summed E-state index contributed by atoms with van der Waals surface area (Å²) in [5.41, 5.74) is 1.61. The van der Waals surface area contributed by atoms with Gasteiger partial charge in [-0.1, -0.05) is 6.92 Å². The summed E-state index contributed by atoms with van der Waals surface area (Å²) < 4.78 is 7.37. The average Bonchev–Trinajstić information content (AvgIpc) is 2.90. The van der Waals surface area contributed by atoms with E-state index in [-0.39, 0.29) is 18.1 Å². The molecular formula is C14H22ClN3O2. The number of alkyl halides is 1. The van der Waals surface area contributed by atoms with Crippen LogP contribution in [0.1, 0.15) is 37.0 Å². The molecule has 0 saturated carbocycles. The molecule has 112 valence electrons. The van der Waals surface area contributed by atoms with E-state index in [1.807, 2.05) is 31.7 Å². The Morgan fingerprint density at radius 2 is 2.30 bits per heavy atom. The fourth-order valence-electron chi connectivity index (χ4n) is 2.40. The van der Waals surface area contributed by atoms with Crippen LogP contribution in [0, 0.1) is 0 Å². The zero-order valence-electron chi connectivity index (χ0n) is 12.3. The number of halogens is 1. The zero-order valence-corrected chi connectivity index (χ0v) is 13.1. The molecule has 1 aromatic rings. The molecule has 1 aliphatic heterocycles. The minimum absolute atomic E-state index is 0.0185. The van der Waals surface area contributed by atoms with Crippen LogP contribution < -0.4 is 0 Å². The maximum atomic E-state index is 12.7. The summed E-state index contributed by atoms with van der Waals surface area (Å²) in [4.78, 5) is 14.6. The highest BCUT2D eigenvalue weighted by Gasteiger charge is 2.31. The minimum atomic E-state index is -0.0829. The van der Waals surface area contributed by atoms with Gasteiger partial charge in [-0.25, -0.2) is 0 Å². The van der Waals surface area contributed by atoms with Crippen molar-refractivity contribution in [2.24, 2.45) is 0 Å². The molecule has 1 aliphatic rings. The third-order valence-corrected chi connectivity index (χ3v) is 3.99. The van der Waals surface area contributed by atoms with Crippen LogP contribution in [0.4, 0.5) is 0 Å². The first-order chi connectivity index (χ1) is 9.60. The number of morpholine rings is 1. The van der Waals surface area contributed by atoms with E-state index in [0.717, 1.165) is 12.1 Å². The number of rotatable bonds is 4. The lowest BCUT2D eigenvalue weighted by molar-refractivity contribution is -0.0375. The second-order valence-corrected chi connectivity index (χ2v) is 5.42. The third-order valence-electron chi connectivity index (χ3n) is 3.65. The Hall–Kier alpha value is -1.07. The van der Waals surface area contributed by atoms with Crippen LogP contribution in [-0.2, 0) is 17.7 Å². The Balaban J connectivity index is 2.23. The SMILES string of the molecule is CCc1cc(C(=O)N2CC(CCl)OCC2C)n(CC)n1. The number of nitrogens with zero attached hydrogens (tertiary/aromatic N) is 3. The molecule has 2 rings (SSSR count). The van der Waals surface area contributed by atoms with E-state index in [4.69, 9.17) is 16.3 Å². The number of carbonyl (C=O) groups is 1. The number of ether oxygens (including phenoxy) is 1. The van der Waals surface area contributed by atoms with Gasteiger partial charge in [0.1, 0.15) is 5.69 Å². The summed E-state index contributed by atoms with van der Waals surface area (Å²) in [6.07, 6.45) is 0.747. The maximum Gasteiger partial charge on any atom is 0.272 e. The average molecular weight is 300 g/mol. The van der Waals surface area contributed by atoms with Crippen LogP contribution in [0.5, 0.6) is 0 Å². The van der Waals surface area contributed by atoms with Gasteiger partial charge in [0.15, 0.2) is 0 Å². The predicted molar refractivity (Wildman–Crippen MR) is 78.2 cm³/mol. The molecular weight excluding hydrogens is 278 g/mol. The topological polar surface area (TPSA) is 47.4 Å². The summed E-state index contributed by atoms with van der Waals surface area (Å²) in [7, 11) is 0. The van der Waals surface area contributed by atoms with E-state index in [1.54, 1.807) is 4.68 Å². The molecule has 0 spiro atoms. The van der Waals surface area contributed by atoms with Gasteiger partial charge in [0.25, 0.3) is 5.91 Å². The van der Waals surface area contributed by atoms with Crippen LogP contribution in [-0.4, -0.2) is 51.8 Å². The molecule has 0 N–H and O–H groups in total. The molecule has 20 heavy (non-hydrogen) atoms. The lowest BCUT2D eigenvalue weighted by Gasteiger charge is -2.37. The molecule has 0 aliphatic carbocycles.